The lowest BCUT2D eigenvalue weighted by Crippen LogP contribution is -2.40. The van der Waals surface area contributed by atoms with E-state index in [1.54, 1.807) is 11.3 Å². The van der Waals surface area contributed by atoms with Crippen LogP contribution in [0.4, 0.5) is 5.13 Å². The monoisotopic (exact) mass is 282 g/mol. The van der Waals surface area contributed by atoms with Crippen LogP contribution in [0.3, 0.4) is 0 Å². The maximum atomic E-state index is 11.3. The molecular formula is C14H22N2O2S. The zero-order chi connectivity index (χ0) is 14.2. The first-order valence-electron chi connectivity index (χ1n) is 6.83. The van der Waals surface area contributed by atoms with E-state index >= 15 is 0 Å². The van der Waals surface area contributed by atoms with E-state index in [2.05, 4.69) is 30.7 Å². The largest absolute Gasteiger partial charge is 0.481 e. The number of carboxylic acids is 1. The van der Waals surface area contributed by atoms with Crippen LogP contribution in [0.2, 0.25) is 0 Å². The fourth-order valence-corrected chi connectivity index (χ4v) is 3.57. The quantitative estimate of drug-likeness (QED) is 0.921. The molecule has 0 spiro atoms. The third-order valence-electron chi connectivity index (χ3n) is 4.30. The van der Waals surface area contributed by atoms with Crippen molar-refractivity contribution >= 4 is 22.4 Å². The Bertz CT molecular complexity index is 482. The summed E-state index contributed by atoms with van der Waals surface area (Å²) in [6.07, 6.45) is 3.66. The van der Waals surface area contributed by atoms with Gasteiger partial charge in [-0.1, -0.05) is 6.92 Å². The SMILES string of the molecule is CCC(C)(C)N(C)c1nc2c(s1)CCCC2C(=O)O. The molecule has 1 unspecified atom stereocenters. The molecule has 106 valence electrons. The van der Waals surface area contributed by atoms with E-state index in [4.69, 9.17) is 0 Å². The topological polar surface area (TPSA) is 53.4 Å². The number of thiazole rings is 1. The van der Waals surface area contributed by atoms with Gasteiger partial charge in [0.2, 0.25) is 0 Å². The summed E-state index contributed by atoms with van der Waals surface area (Å²) in [6, 6.07) is 0. The minimum absolute atomic E-state index is 0.0408. The van der Waals surface area contributed by atoms with Gasteiger partial charge in [-0.25, -0.2) is 4.98 Å². The van der Waals surface area contributed by atoms with E-state index in [1.165, 1.54) is 0 Å². The van der Waals surface area contributed by atoms with Gasteiger partial charge in [-0.3, -0.25) is 4.79 Å². The molecule has 1 N–H and O–H groups in total. The zero-order valence-electron chi connectivity index (χ0n) is 12.1. The Morgan fingerprint density at radius 1 is 1.58 bits per heavy atom. The van der Waals surface area contributed by atoms with Crippen molar-refractivity contribution in [3.63, 3.8) is 0 Å². The van der Waals surface area contributed by atoms with Crippen LogP contribution in [0, 0.1) is 0 Å². The number of aromatic nitrogens is 1. The maximum absolute atomic E-state index is 11.3. The summed E-state index contributed by atoms with van der Waals surface area (Å²) >= 11 is 1.66. The van der Waals surface area contributed by atoms with Crippen LogP contribution < -0.4 is 4.90 Å². The number of nitrogens with zero attached hydrogens (tertiary/aromatic N) is 2. The van der Waals surface area contributed by atoms with Crippen LogP contribution in [0.1, 0.15) is 56.5 Å². The molecular weight excluding hydrogens is 260 g/mol. The first-order valence-corrected chi connectivity index (χ1v) is 7.64. The average Bonchev–Trinajstić information content (AvgIpc) is 2.80. The van der Waals surface area contributed by atoms with Gasteiger partial charge in [0.1, 0.15) is 5.92 Å². The molecule has 0 radical (unpaired) electrons. The molecule has 2 rings (SSSR count). The number of hydrogen-bond acceptors (Lipinski definition) is 4. The number of rotatable bonds is 4. The lowest BCUT2D eigenvalue weighted by Gasteiger charge is -2.34. The van der Waals surface area contributed by atoms with Gasteiger partial charge < -0.3 is 10.0 Å². The van der Waals surface area contributed by atoms with Crippen LogP contribution >= 0.6 is 11.3 Å². The van der Waals surface area contributed by atoms with Crippen LogP contribution in [-0.4, -0.2) is 28.6 Å². The maximum Gasteiger partial charge on any atom is 0.312 e. The molecule has 0 aliphatic heterocycles. The molecule has 1 aromatic heterocycles. The fraction of sp³-hybridized carbons (Fsp3) is 0.714. The molecule has 1 atom stereocenters. The van der Waals surface area contributed by atoms with Gasteiger partial charge >= 0.3 is 5.97 Å². The van der Waals surface area contributed by atoms with E-state index < -0.39 is 11.9 Å². The first-order chi connectivity index (χ1) is 8.86. The van der Waals surface area contributed by atoms with Crippen molar-refractivity contribution in [2.45, 2.75) is 57.9 Å². The molecule has 0 fully saturated rings. The Hall–Kier alpha value is -1.10. The number of anilines is 1. The summed E-state index contributed by atoms with van der Waals surface area (Å²) in [5.74, 6) is -1.15. The van der Waals surface area contributed by atoms with Crippen molar-refractivity contribution < 1.29 is 9.90 Å². The van der Waals surface area contributed by atoms with Crippen molar-refractivity contribution in [1.29, 1.82) is 0 Å². The average molecular weight is 282 g/mol. The van der Waals surface area contributed by atoms with Crippen LogP contribution in [0.15, 0.2) is 0 Å². The predicted molar refractivity (Wildman–Crippen MR) is 78.2 cm³/mol. The second-order valence-corrected chi connectivity index (χ2v) is 6.87. The summed E-state index contributed by atoms with van der Waals surface area (Å²) < 4.78 is 0. The van der Waals surface area contributed by atoms with Gasteiger partial charge in [0.05, 0.1) is 5.69 Å². The third kappa shape index (κ3) is 2.61. The standard InChI is InChI=1S/C14H22N2O2S/c1-5-14(2,3)16(4)13-15-11-9(12(17)18)7-6-8-10(11)19-13/h9H,5-8H2,1-4H3,(H,17,18). The van der Waals surface area contributed by atoms with Gasteiger partial charge in [0.25, 0.3) is 0 Å². The Labute approximate surface area is 118 Å². The highest BCUT2D eigenvalue weighted by atomic mass is 32.1. The fourth-order valence-electron chi connectivity index (χ4n) is 2.29. The van der Waals surface area contributed by atoms with Crippen molar-refractivity contribution in [2.75, 3.05) is 11.9 Å². The molecule has 0 bridgehead atoms. The molecule has 0 aromatic carbocycles. The number of carboxylic acid groups (broad SMARTS) is 1. The van der Waals surface area contributed by atoms with Gasteiger partial charge in [-0.15, -0.1) is 11.3 Å². The molecule has 1 aliphatic rings. The van der Waals surface area contributed by atoms with Crippen LogP contribution in [0.25, 0.3) is 0 Å². The molecule has 0 saturated carbocycles. The van der Waals surface area contributed by atoms with Gasteiger partial charge in [-0.05, 0) is 39.5 Å². The van der Waals surface area contributed by atoms with E-state index in [1.807, 2.05) is 7.05 Å². The summed E-state index contributed by atoms with van der Waals surface area (Å²) in [5.41, 5.74) is 0.844. The second kappa shape index (κ2) is 5.12. The molecule has 4 nitrogen and oxygen atoms in total. The minimum atomic E-state index is -0.741. The van der Waals surface area contributed by atoms with Crippen LogP contribution in [-0.2, 0) is 11.2 Å². The number of fused-ring (bicyclic) bond motifs is 1. The number of carbonyl (C=O) groups is 1. The Kier molecular flexibility index (Phi) is 3.85. The molecule has 1 heterocycles. The highest BCUT2D eigenvalue weighted by molar-refractivity contribution is 7.15. The van der Waals surface area contributed by atoms with E-state index in [9.17, 15) is 9.90 Å². The molecule has 1 aliphatic carbocycles. The number of aryl methyl sites for hydroxylation is 1. The second-order valence-electron chi connectivity index (χ2n) is 5.81. The highest BCUT2D eigenvalue weighted by Gasteiger charge is 2.32. The zero-order valence-corrected chi connectivity index (χ0v) is 12.9. The lowest BCUT2D eigenvalue weighted by atomic mass is 9.91. The highest BCUT2D eigenvalue weighted by Crippen LogP contribution is 2.39. The van der Waals surface area contributed by atoms with Crippen molar-refractivity contribution in [2.24, 2.45) is 0 Å². The lowest BCUT2D eigenvalue weighted by molar-refractivity contribution is -0.139. The van der Waals surface area contributed by atoms with Gasteiger partial charge in [0, 0.05) is 17.5 Å². The van der Waals surface area contributed by atoms with Crippen molar-refractivity contribution in [3.05, 3.63) is 10.6 Å². The van der Waals surface area contributed by atoms with Gasteiger partial charge in [0.15, 0.2) is 5.13 Å². The Morgan fingerprint density at radius 2 is 2.26 bits per heavy atom. The molecule has 5 heteroatoms. The number of hydrogen-bond donors (Lipinski definition) is 1. The Morgan fingerprint density at radius 3 is 2.84 bits per heavy atom. The van der Waals surface area contributed by atoms with Crippen molar-refractivity contribution in [1.82, 2.24) is 4.98 Å². The van der Waals surface area contributed by atoms with Crippen LogP contribution in [0.5, 0.6) is 0 Å². The summed E-state index contributed by atoms with van der Waals surface area (Å²) in [4.78, 5) is 19.3. The first kappa shape index (κ1) is 14.3. The minimum Gasteiger partial charge on any atom is -0.481 e. The molecule has 19 heavy (non-hydrogen) atoms. The molecule has 0 amide bonds. The molecule has 0 saturated heterocycles. The number of aliphatic carboxylic acids is 1. The molecule has 1 aromatic rings. The Balaban J connectivity index is 2.34. The third-order valence-corrected chi connectivity index (χ3v) is 5.51. The van der Waals surface area contributed by atoms with Crippen molar-refractivity contribution in [3.8, 4) is 0 Å². The predicted octanol–water partition coefficient (Wildman–Crippen LogP) is 3.27. The normalized spacial score (nSPS) is 19.1. The van der Waals surface area contributed by atoms with E-state index in [0.29, 0.717) is 6.42 Å². The smallest absolute Gasteiger partial charge is 0.312 e. The van der Waals surface area contributed by atoms with E-state index in [0.717, 1.165) is 35.0 Å². The summed E-state index contributed by atoms with van der Waals surface area (Å²) in [5, 5.41) is 10.2. The van der Waals surface area contributed by atoms with Gasteiger partial charge in [-0.2, -0.15) is 0 Å². The van der Waals surface area contributed by atoms with E-state index in [-0.39, 0.29) is 5.54 Å². The summed E-state index contributed by atoms with van der Waals surface area (Å²) in [6.45, 7) is 6.52. The summed E-state index contributed by atoms with van der Waals surface area (Å²) in [7, 11) is 2.05.